The van der Waals surface area contributed by atoms with Gasteiger partial charge in [-0.2, -0.15) is 11.3 Å². The largest absolute Gasteiger partial charge is 0.478 e. The van der Waals surface area contributed by atoms with Crippen LogP contribution in [0.15, 0.2) is 29.0 Å². The number of thiophene rings is 1. The molecule has 0 aliphatic carbocycles. The number of hydrogen-bond acceptors (Lipinski definition) is 3. The zero-order valence-corrected chi connectivity index (χ0v) is 11.7. The average Bonchev–Trinajstić information content (AvgIpc) is 3.03. The molecule has 20 heavy (non-hydrogen) atoms. The van der Waals surface area contributed by atoms with Crippen molar-refractivity contribution in [1.29, 1.82) is 0 Å². The molecule has 1 aliphatic heterocycles. The quantitative estimate of drug-likeness (QED) is 0.924. The molecule has 1 N–H and O–H groups in total. The van der Waals surface area contributed by atoms with Crippen molar-refractivity contribution in [1.82, 2.24) is 0 Å². The Bertz CT molecular complexity index is 705. The van der Waals surface area contributed by atoms with Gasteiger partial charge in [-0.15, -0.1) is 0 Å². The highest BCUT2D eigenvalue weighted by Crippen LogP contribution is 2.31. The molecule has 2 aromatic rings. The van der Waals surface area contributed by atoms with Gasteiger partial charge in [-0.25, -0.2) is 4.79 Å². The second kappa shape index (κ2) is 4.76. The normalized spacial score (nSPS) is 13.3. The molecule has 4 nitrogen and oxygen atoms in total. The Kier molecular flexibility index (Phi) is 3.06. The number of carbonyl (C=O) groups is 2. The van der Waals surface area contributed by atoms with Gasteiger partial charge < -0.3 is 10.0 Å². The van der Waals surface area contributed by atoms with Crippen LogP contribution < -0.4 is 4.90 Å². The third-order valence-electron chi connectivity index (χ3n) is 3.56. The molecule has 0 radical (unpaired) electrons. The average molecular weight is 287 g/mol. The van der Waals surface area contributed by atoms with Crippen molar-refractivity contribution < 1.29 is 14.7 Å². The predicted molar refractivity (Wildman–Crippen MR) is 77.8 cm³/mol. The Morgan fingerprint density at radius 1 is 1.30 bits per heavy atom. The van der Waals surface area contributed by atoms with E-state index in [4.69, 9.17) is 5.11 Å². The molecule has 1 aromatic carbocycles. The first-order valence-electron chi connectivity index (χ1n) is 6.29. The van der Waals surface area contributed by atoms with Crippen molar-refractivity contribution in [3.8, 4) is 0 Å². The predicted octanol–water partition coefficient (Wildman–Crippen LogP) is 2.96. The third kappa shape index (κ3) is 2.00. The van der Waals surface area contributed by atoms with Gasteiger partial charge >= 0.3 is 5.97 Å². The molecule has 0 unspecified atom stereocenters. The molecule has 3 rings (SSSR count). The first-order valence-corrected chi connectivity index (χ1v) is 7.23. The van der Waals surface area contributed by atoms with Gasteiger partial charge in [-0.3, -0.25) is 4.79 Å². The maximum Gasteiger partial charge on any atom is 0.335 e. The van der Waals surface area contributed by atoms with Gasteiger partial charge in [-0.05, 0) is 42.0 Å². The highest BCUT2D eigenvalue weighted by atomic mass is 32.1. The second-order valence-corrected chi connectivity index (χ2v) is 5.57. The van der Waals surface area contributed by atoms with Gasteiger partial charge in [0.2, 0.25) is 0 Å². The van der Waals surface area contributed by atoms with Gasteiger partial charge in [0.15, 0.2) is 0 Å². The molecule has 5 heteroatoms. The monoisotopic (exact) mass is 287 g/mol. The van der Waals surface area contributed by atoms with E-state index in [1.807, 2.05) is 17.7 Å². The van der Waals surface area contributed by atoms with Crippen LogP contribution in [0.2, 0.25) is 0 Å². The van der Waals surface area contributed by atoms with E-state index in [1.54, 1.807) is 23.1 Å². The van der Waals surface area contributed by atoms with Crippen LogP contribution in [0, 0.1) is 6.92 Å². The van der Waals surface area contributed by atoms with E-state index in [1.165, 1.54) is 11.3 Å². The highest BCUT2D eigenvalue weighted by molar-refractivity contribution is 7.08. The number of amides is 1. The van der Waals surface area contributed by atoms with Crippen LogP contribution in [0.1, 0.15) is 31.8 Å². The zero-order chi connectivity index (χ0) is 14.3. The number of carbonyl (C=O) groups excluding carboxylic acids is 1. The van der Waals surface area contributed by atoms with Crippen LogP contribution in [-0.2, 0) is 6.42 Å². The summed E-state index contributed by atoms with van der Waals surface area (Å²) in [6.45, 7) is 2.51. The summed E-state index contributed by atoms with van der Waals surface area (Å²) in [6.07, 6.45) is 0.768. The second-order valence-electron chi connectivity index (χ2n) is 4.82. The summed E-state index contributed by atoms with van der Waals surface area (Å²) in [4.78, 5) is 25.3. The molecule has 0 bridgehead atoms. The van der Waals surface area contributed by atoms with Crippen molar-refractivity contribution in [2.45, 2.75) is 13.3 Å². The lowest BCUT2D eigenvalue weighted by Gasteiger charge is -2.17. The van der Waals surface area contributed by atoms with Gasteiger partial charge in [-0.1, -0.05) is 6.07 Å². The smallest absolute Gasteiger partial charge is 0.335 e. The summed E-state index contributed by atoms with van der Waals surface area (Å²) in [5, 5.41) is 12.9. The van der Waals surface area contributed by atoms with E-state index in [9.17, 15) is 9.59 Å². The first-order chi connectivity index (χ1) is 9.58. The number of fused-ring (bicyclic) bond motifs is 1. The molecule has 1 aliphatic rings. The third-order valence-corrected chi connectivity index (χ3v) is 4.42. The van der Waals surface area contributed by atoms with E-state index in [2.05, 4.69) is 0 Å². The SMILES string of the molecule is Cc1cscc1C(=O)N1CCc2ccc(C(=O)O)cc21. The van der Waals surface area contributed by atoms with E-state index in [0.29, 0.717) is 12.1 Å². The minimum atomic E-state index is -0.973. The topological polar surface area (TPSA) is 57.6 Å². The van der Waals surface area contributed by atoms with Crippen LogP contribution in [0.3, 0.4) is 0 Å². The fourth-order valence-electron chi connectivity index (χ4n) is 2.45. The lowest BCUT2D eigenvalue weighted by Crippen LogP contribution is -2.29. The number of rotatable bonds is 2. The summed E-state index contributed by atoms with van der Waals surface area (Å²) in [5.41, 5.74) is 3.62. The lowest BCUT2D eigenvalue weighted by molar-refractivity contribution is 0.0696. The molecular formula is C15H13NO3S. The fourth-order valence-corrected chi connectivity index (χ4v) is 3.27. The number of hydrogen-bond donors (Lipinski definition) is 1. The van der Waals surface area contributed by atoms with Crippen LogP contribution >= 0.6 is 11.3 Å². The molecular weight excluding hydrogens is 274 g/mol. The summed E-state index contributed by atoms with van der Waals surface area (Å²) in [7, 11) is 0. The Hall–Kier alpha value is -2.14. The Labute approximate surface area is 120 Å². The summed E-state index contributed by atoms with van der Waals surface area (Å²) >= 11 is 1.50. The number of aryl methyl sites for hydroxylation is 1. The van der Waals surface area contributed by atoms with E-state index in [0.717, 1.165) is 23.2 Å². The van der Waals surface area contributed by atoms with Crippen molar-refractivity contribution in [2.24, 2.45) is 0 Å². The standard InChI is InChI=1S/C15H13NO3S/c1-9-7-20-8-12(9)14(17)16-5-4-10-2-3-11(15(18)19)6-13(10)16/h2-3,6-8H,4-5H2,1H3,(H,18,19). The number of benzene rings is 1. The fraction of sp³-hybridized carbons (Fsp3) is 0.200. The molecule has 0 spiro atoms. The maximum atomic E-state index is 12.6. The molecule has 0 saturated heterocycles. The van der Waals surface area contributed by atoms with Gasteiger partial charge in [0.25, 0.3) is 5.91 Å². The zero-order valence-electron chi connectivity index (χ0n) is 10.9. The number of aromatic carboxylic acids is 1. The van der Waals surface area contributed by atoms with Crippen LogP contribution in [0.25, 0.3) is 0 Å². The van der Waals surface area contributed by atoms with E-state index >= 15 is 0 Å². The lowest BCUT2D eigenvalue weighted by atomic mass is 10.1. The Balaban J connectivity index is 2.00. The van der Waals surface area contributed by atoms with Crippen molar-refractivity contribution in [2.75, 3.05) is 11.4 Å². The molecule has 1 aromatic heterocycles. The first kappa shape index (κ1) is 12.9. The van der Waals surface area contributed by atoms with Gasteiger partial charge in [0.05, 0.1) is 11.1 Å². The van der Waals surface area contributed by atoms with Crippen molar-refractivity contribution in [3.63, 3.8) is 0 Å². The summed E-state index contributed by atoms with van der Waals surface area (Å²) in [6, 6.07) is 4.97. The number of carboxylic acid groups (broad SMARTS) is 1. The van der Waals surface area contributed by atoms with Gasteiger partial charge in [0, 0.05) is 17.6 Å². The maximum absolute atomic E-state index is 12.6. The van der Waals surface area contributed by atoms with Crippen molar-refractivity contribution in [3.05, 3.63) is 51.2 Å². The number of nitrogens with zero attached hydrogens (tertiary/aromatic N) is 1. The highest BCUT2D eigenvalue weighted by Gasteiger charge is 2.27. The van der Waals surface area contributed by atoms with Crippen LogP contribution in [-0.4, -0.2) is 23.5 Å². The minimum absolute atomic E-state index is 0.0509. The van der Waals surface area contributed by atoms with E-state index in [-0.39, 0.29) is 11.5 Å². The number of carboxylic acids is 1. The molecule has 2 heterocycles. The van der Waals surface area contributed by atoms with Crippen LogP contribution in [0.4, 0.5) is 5.69 Å². The number of anilines is 1. The van der Waals surface area contributed by atoms with Gasteiger partial charge in [0.1, 0.15) is 0 Å². The molecule has 102 valence electrons. The van der Waals surface area contributed by atoms with E-state index < -0.39 is 5.97 Å². The Morgan fingerprint density at radius 2 is 2.10 bits per heavy atom. The minimum Gasteiger partial charge on any atom is -0.478 e. The summed E-state index contributed by atoms with van der Waals surface area (Å²) in [5.74, 6) is -1.02. The summed E-state index contributed by atoms with van der Waals surface area (Å²) < 4.78 is 0. The molecule has 0 atom stereocenters. The molecule has 0 saturated carbocycles. The van der Waals surface area contributed by atoms with Crippen LogP contribution in [0.5, 0.6) is 0 Å². The Morgan fingerprint density at radius 3 is 2.75 bits per heavy atom. The molecule has 1 amide bonds. The molecule has 0 fully saturated rings. The van der Waals surface area contributed by atoms with Crippen molar-refractivity contribution >= 4 is 28.9 Å².